The van der Waals surface area contributed by atoms with E-state index in [4.69, 9.17) is 14.2 Å². The Hall–Kier alpha value is -3.79. The molecular formula is C26H26FN3O5S. The Kier molecular flexibility index (Phi) is 7.64. The van der Waals surface area contributed by atoms with Gasteiger partial charge in [-0.2, -0.15) is 0 Å². The number of hydrogen-bond acceptors (Lipinski definition) is 8. The average Bonchev–Trinajstić information content (AvgIpc) is 3.28. The molecule has 4 rings (SSSR count). The Labute approximate surface area is 212 Å². The van der Waals surface area contributed by atoms with Gasteiger partial charge in [0.2, 0.25) is 5.91 Å². The quantitative estimate of drug-likeness (QED) is 0.529. The number of methoxy groups -OCH3 is 3. The molecule has 2 aliphatic heterocycles. The van der Waals surface area contributed by atoms with Crippen LogP contribution in [0.3, 0.4) is 0 Å². The number of nitrogens with one attached hydrogen (secondary N) is 1. The summed E-state index contributed by atoms with van der Waals surface area (Å²) in [5.74, 6) is 0.0511. The zero-order valence-electron chi connectivity index (χ0n) is 20.3. The van der Waals surface area contributed by atoms with Gasteiger partial charge in [0.25, 0.3) is 0 Å². The van der Waals surface area contributed by atoms with Crippen LogP contribution in [0.4, 0.5) is 4.39 Å². The molecule has 1 amide bonds. The van der Waals surface area contributed by atoms with Gasteiger partial charge < -0.3 is 24.4 Å². The zero-order valence-corrected chi connectivity index (χ0v) is 21.1. The van der Waals surface area contributed by atoms with E-state index >= 15 is 0 Å². The van der Waals surface area contributed by atoms with Crippen molar-refractivity contribution in [2.75, 3.05) is 21.3 Å². The van der Waals surface area contributed by atoms with Crippen LogP contribution in [-0.4, -0.2) is 43.3 Å². The second-order valence-electron chi connectivity index (χ2n) is 8.07. The molecule has 36 heavy (non-hydrogen) atoms. The summed E-state index contributed by atoms with van der Waals surface area (Å²) < 4.78 is 29.3. The molecule has 0 spiro atoms. The molecule has 1 N–H and O–H groups in total. The number of ether oxygens (including phenoxy) is 3. The molecule has 2 aromatic rings. The SMILES string of the molecule is COC(=O)C1=C(C)N=C2SC=C(CC(=O)NCc3ccc(F)cc3)N2C1c1cc(OC)ccc1OC. The monoisotopic (exact) mass is 511 g/mol. The van der Waals surface area contributed by atoms with Crippen LogP contribution in [0.15, 0.2) is 69.8 Å². The van der Waals surface area contributed by atoms with Crippen molar-refractivity contribution >= 4 is 28.8 Å². The summed E-state index contributed by atoms with van der Waals surface area (Å²) in [5.41, 5.74) is 2.98. The number of thioether (sulfide) groups is 1. The Balaban J connectivity index is 1.66. The smallest absolute Gasteiger partial charge is 0.338 e. The fourth-order valence-electron chi connectivity index (χ4n) is 4.12. The highest BCUT2D eigenvalue weighted by molar-refractivity contribution is 8.16. The van der Waals surface area contributed by atoms with Crippen LogP contribution >= 0.6 is 11.8 Å². The van der Waals surface area contributed by atoms with Crippen molar-refractivity contribution in [1.29, 1.82) is 0 Å². The number of esters is 1. The molecule has 2 heterocycles. The standard InChI is InChI=1S/C26H26FN3O5S/c1-15-23(25(32)35-4)24(20-12-19(33-2)9-10-21(20)34-3)30-18(14-36-26(30)29-15)11-22(31)28-13-16-5-7-17(27)8-6-16/h5-10,12,14,24H,11,13H2,1-4H3,(H,28,31). The number of carbonyl (C=O) groups is 2. The lowest BCUT2D eigenvalue weighted by Crippen LogP contribution is -2.38. The maximum atomic E-state index is 13.2. The molecule has 0 fully saturated rings. The predicted octanol–water partition coefficient (Wildman–Crippen LogP) is 4.30. The summed E-state index contributed by atoms with van der Waals surface area (Å²) in [4.78, 5) is 32.3. The maximum Gasteiger partial charge on any atom is 0.338 e. The van der Waals surface area contributed by atoms with E-state index in [-0.39, 0.29) is 24.7 Å². The molecule has 2 aromatic carbocycles. The molecular weight excluding hydrogens is 485 g/mol. The number of halogens is 1. The van der Waals surface area contributed by atoms with Crippen LogP contribution in [-0.2, 0) is 20.9 Å². The first-order valence-corrected chi connectivity index (χ1v) is 12.0. The third-order valence-corrected chi connectivity index (χ3v) is 6.77. The van der Waals surface area contributed by atoms with Gasteiger partial charge in [-0.15, -0.1) is 0 Å². The van der Waals surface area contributed by atoms with Crippen molar-refractivity contribution in [3.8, 4) is 11.5 Å². The average molecular weight is 512 g/mol. The first-order valence-electron chi connectivity index (χ1n) is 11.1. The molecule has 1 atom stereocenters. The number of carbonyl (C=O) groups excluding carboxylic acids is 2. The molecule has 188 valence electrons. The zero-order chi connectivity index (χ0) is 25.8. The number of aliphatic imine (C=N–C) groups is 1. The summed E-state index contributed by atoms with van der Waals surface area (Å²) in [7, 11) is 4.43. The number of hydrogen-bond donors (Lipinski definition) is 1. The van der Waals surface area contributed by atoms with Crippen molar-refractivity contribution in [3.63, 3.8) is 0 Å². The summed E-state index contributed by atoms with van der Waals surface area (Å²) in [6.07, 6.45) is 0.0451. The molecule has 0 aromatic heterocycles. The molecule has 1 unspecified atom stereocenters. The van der Waals surface area contributed by atoms with E-state index in [9.17, 15) is 14.0 Å². The van der Waals surface area contributed by atoms with Gasteiger partial charge in [0.1, 0.15) is 17.3 Å². The van der Waals surface area contributed by atoms with Crippen molar-refractivity contribution in [1.82, 2.24) is 10.2 Å². The van der Waals surface area contributed by atoms with Crippen molar-refractivity contribution in [2.45, 2.75) is 25.9 Å². The third-order valence-electron chi connectivity index (χ3n) is 5.88. The Morgan fingerprint density at radius 3 is 2.53 bits per heavy atom. The van der Waals surface area contributed by atoms with Crippen LogP contribution in [0.1, 0.15) is 30.5 Å². The highest BCUT2D eigenvalue weighted by Gasteiger charge is 2.42. The van der Waals surface area contributed by atoms with E-state index in [1.54, 1.807) is 51.5 Å². The highest BCUT2D eigenvalue weighted by Crippen LogP contribution is 2.47. The van der Waals surface area contributed by atoms with E-state index in [0.29, 0.717) is 39.2 Å². The number of amides is 1. The van der Waals surface area contributed by atoms with Crippen LogP contribution in [0.5, 0.6) is 11.5 Å². The van der Waals surface area contributed by atoms with E-state index in [1.807, 2.05) is 10.3 Å². The van der Waals surface area contributed by atoms with Crippen LogP contribution < -0.4 is 14.8 Å². The van der Waals surface area contributed by atoms with Gasteiger partial charge in [-0.1, -0.05) is 23.9 Å². The molecule has 10 heteroatoms. The Morgan fingerprint density at radius 2 is 1.86 bits per heavy atom. The molecule has 0 saturated carbocycles. The summed E-state index contributed by atoms with van der Waals surface area (Å²) >= 11 is 1.37. The van der Waals surface area contributed by atoms with Gasteiger partial charge in [0.15, 0.2) is 5.17 Å². The van der Waals surface area contributed by atoms with Gasteiger partial charge in [0, 0.05) is 17.8 Å². The fraction of sp³-hybridized carbons (Fsp3) is 0.269. The van der Waals surface area contributed by atoms with Gasteiger partial charge in [-0.25, -0.2) is 14.2 Å². The molecule has 8 nitrogen and oxygen atoms in total. The van der Waals surface area contributed by atoms with E-state index < -0.39 is 12.0 Å². The van der Waals surface area contributed by atoms with E-state index in [0.717, 1.165) is 5.56 Å². The van der Waals surface area contributed by atoms with E-state index in [2.05, 4.69) is 10.3 Å². The van der Waals surface area contributed by atoms with Crippen molar-refractivity contribution < 1.29 is 28.2 Å². The van der Waals surface area contributed by atoms with Gasteiger partial charge in [-0.05, 0) is 48.2 Å². The largest absolute Gasteiger partial charge is 0.497 e. The molecule has 0 radical (unpaired) electrons. The number of amidine groups is 1. The highest BCUT2D eigenvalue weighted by atomic mass is 32.2. The summed E-state index contributed by atoms with van der Waals surface area (Å²) in [6, 6.07) is 10.6. The van der Waals surface area contributed by atoms with Crippen LogP contribution in [0, 0.1) is 5.82 Å². The molecule has 2 aliphatic rings. The number of rotatable bonds is 8. The number of fused-ring (bicyclic) bond motifs is 1. The second kappa shape index (κ2) is 10.9. The fourth-order valence-corrected chi connectivity index (χ4v) is 5.08. The number of allylic oxidation sites excluding steroid dienone is 1. The lowest BCUT2D eigenvalue weighted by molar-refractivity contribution is -0.136. The second-order valence-corrected chi connectivity index (χ2v) is 8.91. The van der Waals surface area contributed by atoms with Crippen molar-refractivity contribution in [2.24, 2.45) is 4.99 Å². The predicted molar refractivity (Wildman–Crippen MR) is 135 cm³/mol. The first kappa shape index (κ1) is 25.3. The minimum Gasteiger partial charge on any atom is -0.497 e. The molecule has 0 saturated heterocycles. The molecule has 0 bridgehead atoms. The number of nitrogens with zero attached hydrogens (tertiary/aromatic N) is 2. The lowest BCUT2D eigenvalue weighted by atomic mass is 9.93. The van der Waals surface area contributed by atoms with Crippen LogP contribution in [0.25, 0.3) is 0 Å². The van der Waals surface area contributed by atoms with Crippen LogP contribution in [0.2, 0.25) is 0 Å². The van der Waals surface area contributed by atoms with E-state index in [1.165, 1.54) is 31.0 Å². The van der Waals surface area contributed by atoms with Gasteiger partial charge >= 0.3 is 5.97 Å². The minimum absolute atomic E-state index is 0.0451. The lowest BCUT2D eigenvalue weighted by Gasteiger charge is -2.36. The van der Waals surface area contributed by atoms with Crippen molar-refractivity contribution in [3.05, 3.63) is 81.8 Å². The third kappa shape index (κ3) is 5.08. The maximum absolute atomic E-state index is 13.2. The Bertz CT molecular complexity index is 1270. The van der Waals surface area contributed by atoms with Gasteiger partial charge in [-0.3, -0.25) is 4.79 Å². The first-order chi connectivity index (χ1) is 17.4. The summed E-state index contributed by atoms with van der Waals surface area (Å²) in [6.45, 7) is 2.02. The number of benzene rings is 2. The summed E-state index contributed by atoms with van der Waals surface area (Å²) in [5, 5.41) is 5.35. The minimum atomic E-state index is -0.652. The molecule has 0 aliphatic carbocycles. The van der Waals surface area contributed by atoms with Gasteiger partial charge in [0.05, 0.1) is 45.1 Å². The Morgan fingerprint density at radius 1 is 1.11 bits per heavy atom. The normalized spacial score (nSPS) is 16.7. The topological polar surface area (TPSA) is 89.5 Å².